The topological polar surface area (TPSA) is 9.23 Å². The van der Waals surface area contributed by atoms with Crippen LogP contribution in [-0.4, -0.2) is 6.61 Å². The van der Waals surface area contributed by atoms with E-state index in [-0.39, 0.29) is 5.82 Å². The van der Waals surface area contributed by atoms with Crippen LogP contribution >= 0.6 is 0 Å². The SMILES string of the molecule is CCCOc1ccc([C@@H]2CC[C@H](C[C@H](C)c3cccc4ccccc34)C2)cc1F. The van der Waals surface area contributed by atoms with Gasteiger partial charge in [0, 0.05) is 0 Å². The average molecular weight is 391 g/mol. The zero-order valence-electron chi connectivity index (χ0n) is 17.5. The molecule has 1 aliphatic rings. The minimum absolute atomic E-state index is 0.219. The van der Waals surface area contributed by atoms with E-state index in [4.69, 9.17) is 4.74 Å². The first-order chi connectivity index (χ1) is 14.2. The Balaban J connectivity index is 1.41. The molecule has 3 atom stereocenters. The molecule has 0 aliphatic heterocycles. The van der Waals surface area contributed by atoms with Gasteiger partial charge in [-0.05, 0) is 83.9 Å². The predicted molar refractivity (Wildman–Crippen MR) is 119 cm³/mol. The van der Waals surface area contributed by atoms with Gasteiger partial charge >= 0.3 is 0 Å². The number of halogens is 1. The molecule has 0 N–H and O–H groups in total. The molecule has 0 aromatic heterocycles. The van der Waals surface area contributed by atoms with Gasteiger partial charge in [0.2, 0.25) is 0 Å². The maximum Gasteiger partial charge on any atom is 0.165 e. The first-order valence-corrected chi connectivity index (χ1v) is 11.1. The lowest BCUT2D eigenvalue weighted by Crippen LogP contribution is -2.04. The monoisotopic (exact) mass is 390 g/mol. The number of ether oxygens (including phenoxy) is 1. The number of rotatable bonds is 7. The molecule has 2 heteroatoms. The number of benzene rings is 3. The van der Waals surface area contributed by atoms with E-state index in [1.165, 1.54) is 29.2 Å². The van der Waals surface area contributed by atoms with Gasteiger partial charge in [-0.1, -0.05) is 62.4 Å². The molecule has 29 heavy (non-hydrogen) atoms. The smallest absolute Gasteiger partial charge is 0.165 e. The number of hydrogen-bond donors (Lipinski definition) is 0. The normalized spacial score (nSPS) is 20.1. The summed E-state index contributed by atoms with van der Waals surface area (Å²) in [5, 5.41) is 2.70. The fourth-order valence-electron chi connectivity index (χ4n) is 5.00. The summed E-state index contributed by atoms with van der Waals surface area (Å²) in [6, 6.07) is 20.9. The molecular weight excluding hydrogens is 359 g/mol. The van der Waals surface area contributed by atoms with Crippen LogP contribution in [0.1, 0.15) is 68.9 Å². The van der Waals surface area contributed by atoms with Gasteiger partial charge in [0.25, 0.3) is 0 Å². The first-order valence-electron chi connectivity index (χ1n) is 11.1. The van der Waals surface area contributed by atoms with E-state index in [1.807, 2.05) is 13.0 Å². The molecule has 0 radical (unpaired) electrons. The third-order valence-corrected chi connectivity index (χ3v) is 6.47. The molecule has 0 saturated heterocycles. The van der Waals surface area contributed by atoms with Crippen molar-refractivity contribution in [2.45, 2.75) is 57.8 Å². The van der Waals surface area contributed by atoms with Crippen molar-refractivity contribution in [2.24, 2.45) is 5.92 Å². The molecule has 1 fully saturated rings. The van der Waals surface area contributed by atoms with E-state index in [1.54, 1.807) is 6.07 Å². The highest BCUT2D eigenvalue weighted by Gasteiger charge is 2.28. The molecule has 0 spiro atoms. The van der Waals surface area contributed by atoms with Gasteiger partial charge in [0.05, 0.1) is 6.61 Å². The van der Waals surface area contributed by atoms with Crippen LogP contribution in [0.3, 0.4) is 0 Å². The lowest BCUT2D eigenvalue weighted by atomic mass is 9.86. The summed E-state index contributed by atoms with van der Waals surface area (Å²) in [5.74, 6) is 1.87. The van der Waals surface area contributed by atoms with Crippen molar-refractivity contribution in [1.29, 1.82) is 0 Å². The van der Waals surface area contributed by atoms with Gasteiger partial charge in [-0.15, -0.1) is 0 Å². The Bertz CT molecular complexity index is 958. The van der Waals surface area contributed by atoms with Gasteiger partial charge < -0.3 is 4.74 Å². The molecule has 1 aliphatic carbocycles. The van der Waals surface area contributed by atoms with Crippen molar-refractivity contribution < 1.29 is 9.13 Å². The number of fused-ring (bicyclic) bond motifs is 1. The van der Waals surface area contributed by atoms with Crippen molar-refractivity contribution in [3.63, 3.8) is 0 Å². The average Bonchev–Trinajstić information content (AvgIpc) is 3.21. The second-order valence-electron chi connectivity index (χ2n) is 8.62. The van der Waals surface area contributed by atoms with Crippen LogP contribution in [0.25, 0.3) is 10.8 Å². The summed E-state index contributed by atoms with van der Waals surface area (Å²) in [4.78, 5) is 0. The Morgan fingerprint density at radius 2 is 1.86 bits per heavy atom. The molecule has 152 valence electrons. The van der Waals surface area contributed by atoms with E-state index in [9.17, 15) is 4.39 Å². The highest BCUT2D eigenvalue weighted by atomic mass is 19.1. The zero-order chi connectivity index (χ0) is 20.2. The largest absolute Gasteiger partial charge is 0.491 e. The van der Waals surface area contributed by atoms with Crippen molar-refractivity contribution >= 4 is 10.8 Å². The Hall–Kier alpha value is -2.35. The Morgan fingerprint density at radius 3 is 2.69 bits per heavy atom. The molecule has 0 bridgehead atoms. The summed E-state index contributed by atoms with van der Waals surface area (Å²) in [6.45, 7) is 4.95. The molecular formula is C27H31FO. The molecule has 1 saturated carbocycles. The van der Waals surface area contributed by atoms with Gasteiger partial charge in [-0.2, -0.15) is 0 Å². The van der Waals surface area contributed by atoms with E-state index in [0.717, 1.165) is 24.8 Å². The minimum Gasteiger partial charge on any atom is -0.491 e. The quantitative estimate of drug-likeness (QED) is 0.399. The highest BCUT2D eigenvalue weighted by molar-refractivity contribution is 5.86. The summed E-state index contributed by atoms with van der Waals surface area (Å²) in [5.41, 5.74) is 2.58. The van der Waals surface area contributed by atoms with Gasteiger partial charge in [0.15, 0.2) is 11.6 Å². The van der Waals surface area contributed by atoms with E-state index in [2.05, 4.69) is 55.5 Å². The summed E-state index contributed by atoms with van der Waals surface area (Å²) in [7, 11) is 0. The third-order valence-electron chi connectivity index (χ3n) is 6.47. The predicted octanol–water partition coefficient (Wildman–Crippen LogP) is 7.85. The Kier molecular flexibility index (Phi) is 6.18. The second kappa shape index (κ2) is 8.98. The van der Waals surface area contributed by atoms with Crippen LogP contribution in [0.4, 0.5) is 4.39 Å². The summed E-state index contributed by atoms with van der Waals surface area (Å²) in [6.07, 6.45) is 5.63. The number of hydrogen-bond acceptors (Lipinski definition) is 1. The van der Waals surface area contributed by atoms with Crippen LogP contribution in [0.5, 0.6) is 5.75 Å². The van der Waals surface area contributed by atoms with Gasteiger partial charge in [-0.25, -0.2) is 4.39 Å². The van der Waals surface area contributed by atoms with Crippen molar-refractivity contribution in [2.75, 3.05) is 6.61 Å². The summed E-state index contributed by atoms with van der Waals surface area (Å²) >= 11 is 0. The highest BCUT2D eigenvalue weighted by Crippen LogP contribution is 2.43. The third kappa shape index (κ3) is 4.47. The maximum absolute atomic E-state index is 14.4. The Labute approximate surface area is 173 Å². The molecule has 3 aromatic carbocycles. The van der Waals surface area contributed by atoms with E-state index in [0.29, 0.717) is 30.1 Å². The second-order valence-corrected chi connectivity index (χ2v) is 8.62. The summed E-state index contributed by atoms with van der Waals surface area (Å²) < 4.78 is 19.9. The molecule has 0 heterocycles. The molecule has 0 unspecified atom stereocenters. The van der Waals surface area contributed by atoms with E-state index < -0.39 is 0 Å². The lowest BCUT2D eigenvalue weighted by molar-refractivity contribution is 0.301. The van der Waals surface area contributed by atoms with Crippen LogP contribution < -0.4 is 4.74 Å². The van der Waals surface area contributed by atoms with Crippen LogP contribution in [0.2, 0.25) is 0 Å². The lowest BCUT2D eigenvalue weighted by Gasteiger charge is -2.19. The maximum atomic E-state index is 14.4. The fraction of sp³-hybridized carbons (Fsp3) is 0.407. The molecule has 3 aromatic rings. The van der Waals surface area contributed by atoms with Crippen LogP contribution in [-0.2, 0) is 0 Å². The van der Waals surface area contributed by atoms with Crippen LogP contribution in [0, 0.1) is 11.7 Å². The Morgan fingerprint density at radius 1 is 1.03 bits per heavy atom. The molecule has 4 rings (SSSR count). The first kappa shape index (κ1) is 19.9. The zero-order valence-corrected chi connectivity index (χ0v) is 17.5. The molecule has 0 amide bonds. The van der Waals surface area contributed by atoms with E-state index >= 15 is 0 Å². The van der Waals surface area contributed by atoms with Crippen molar-refractivity contribution in [3.8, 4) is 5.75 Å². The van der Waals surface area contributed by atoms with Crippen molar-refractivity contribution in [1.82, 2.24) is 0 Å². The minimum atomic E-state index is -0.219. The standard InChI is InChI=1S/C27H31FO/c1-3-15-29-27-14-13-23(18-26(27)28)22-12-11-20(17-22)16-19(2)24-10-6-8-21-7-4-5-9-25(21)24/h4-10,13-14,18-20,22H,3,11-12,15-17H2,1-2H3/t19-,20+,22+/m0/s1. The van der Waals surface area contributed by atoms with Gasteiger partial charge in [0.1, 0.15) is 0 Å². The molecule has 1 nitrogen and oxygen atoms in total. The van der Waals surface area contributed by atoms with Gasteiger partial charge in [-0.3, -0.25) is 0 Å². The van der Waals surface area contributed by atoms with Crippen molar-refractivity contribution in [3.05, 3.63) is 77.6 Å². The van der Waals surface area contributed by atoms with Crippen LogP contribution in [0.15, 0.2) is 60.7 Å². The fourth-order valence-corrected chi connectivity index (χ4v) is 5.00.